The highest BCUT2D eigenvalue weighted by atomic mass is 32.1. The highest BCUT2D eigenvalue weighted by molar-refractivity contribution is 7.20. The van der Waals surface area contributed by atoms with Gasteiger partial charge < -0.3 is 23.9 Å². The van der Waals surface area contributed by atoms with Crippen molar-refractivity contribution in [3.8, 4) is 17.2 Å². The number of aromatic amines is 1. The molecule has 0 amide bonds. The third-order valence-corrected chi connectivity index (χ3v) is 5.57. The second kappa shape index (κ2) is 9.00. The van der Waals surface area contributed by atoms with E-state index in [-0.39, 0.29) is 12.2 Å². The number of hydrogen-bond donors (Lipinski definition) is 1. The molecule has 0 saturated heterocycles. The molecule has 30 heavy (non-hydrogen) atoms. The van der Waals surface area contributed by atoms with Crippen LogP contribution in [0.3, 0.4) is 0 Å². The molecule has 8 nitrogen and oxygen atoms in total. The van der Waals surface area contributed by atoms with E-state index in [1.54, 1.807) is 38.1 Å². The molecule has 0 aliphatic rings. The molecule has 0 spiro atoms. The van der Waals surface area contributed by atoms with Gasteiger partial charge in [-0.25, -0.2) is 9.78 Å². The fourth-order valence-corrected chi connectivity index (χ4v) is 4.09. The van der Waals surface area contributed by atoms with E-state index in [4.69, 9.17) is 18.9 Å². The third-order valence-electron chi connectivity index (χ3n) is 4.40. The summed E-state index contributed by atoms with van der Waals surface area (Å²) >= 11 is 1.14. The molecule has 0 unspecified atom stereocenters. The van der Waals surface area contributed by atoms with Crippen molar-refractivity contribution >= 4 is 39.7 Å². The second-order valence-electron chi connectivity index (χ2n) is 6.20. The molecular weight excluding hydrogens is 408 g/mol. The number of aryl methyl sites for hydroxylation is 1. The number of aromatic nitrogens is 2. The van der Waals surface area contributed by atoms with Crippen LogP contribution in [-0.4, -0.2) is 43.9 Å². The fourth-order valence-electron chi connectivity index (χ4n) is 3.00. The van der Waals surface area contributed by atoms with Crippen molar-refractivity contribution in [2.75, 3.05) is 27.9 Å². The highest BCUT2D eigenvalue weighted by Gasteiger charge is 2.20. The van der Waals surface area contributed by atoms with Gasteiger partial charge in [0.15, 0.2) is 11.5 Å². The maximum Gasteiger partial charge on any atom is 0.348 e. The first-order valence-electron chi connectivity index (χ1n) is 9.12. The second-order valence-corrected chi connectivity index (χ2v) is 7.20. The minimum Gasteiger partial charge on any atom is -0.493 e. The number of carbonyl (C=O) groups excluding carboxylic acids is 1. The molecule has 1 aromatic carbocycles. The lowest BCUT2D eigenvalue weighted by Crippen LogP contribution is -2.10. The normalized spacial score (nSPS) is 11.1. The van der Waals surface area contributed by atoms with Crippen molar-refractivity contribution in [2.24, 2.45) is 0 Å². The predicted octanol–water partition coefficient (Wildman–Crippen LogP) is 3.67. The van der Waals surface area contributed by atoms with Gasteiger partial charge in [-0.2, -0.15) is 0 Å². The number of H-pyrrole nitrogens is 1. The number of fused-ring (bicyclic) bond motifs is 1. The Hall–Kier alpha value is -3.33. The van der Waals surface area contributed by atoms with Gasteiger partial charge in [-0.3, -0.25) is 4.79 Å². The van der Waals surface area contributed by atoms with E-state index in [1.165, 1.54) is 21.3 Å². The molecule has 0 atom stereocenters. The summed E-state index contributed by atoms with van der Waals surface area (Å²) in [5, 5.41) is 0.396. The first kappa shape index (κ1) is 21.4. The average Bonchev–Trinajstić information content (AvgIpc) is 3.08. The van der Waals surface area contributed by atoms with Gasteiger partial charge in [0.1, 0.15) is 15.5 Å². The molecule has 2 aromatic heterocycles. The number of benzene rings is 1. The van der Waals surface area contributed by atoms with Crippen LogP contribution in [0.1, 0.15) is 33.5 Å². The van der Waals surface area contributed by atoms with Crippen LogP contribution in [0.4, 0.5) is 0 Å². The molecule has 0 aliphatic heterocycles. The molecule has 0 fully saturated rings. The standard InChI is InChI=1S/C21H22N2O6S/c1-6-29-21(25)18-11(2)16-19(24)22-15(23-20(16)30-18)8-7-12-9-13(26-3)17(28-5)14(10-12)27-4/h7-10H,6H2,1-5H3,(H,22,23,24). The maximum absolute atomic E-state index is 12.6. The van der Waals surface area contributed by atoms with Crippen LogP contribution in [-0.2, 0) is 4.74 Å². The van der Waals surface area contributed by atoms with Crippen LogP contribution in [0, 0.1) is 6.92 Å². The zero-order valence-electron chi connectivity index (χ0n) is 17.3. The monoisotopic (exact) mass is 430 g/mol. The molecular formula is C21H22N2O6S. The first-order valence-corrected chi connectivity index (χ1v) is 9.93. The van der Waals surface area contributed by atoms with Crippen LogP contribution < -0.4 is 19.8 Å². The Morgan fingerprint density at radius 3 is 2.37 bits per heavy atom. The van der Waals surface area contributed by atoms with Crippen molar-refractivity contribution in [2.45, 2.75) is 13.8 Å². The number of esters is 1. The van der Waals surface area contributed by atoms with Gasteiger partial charge in [0.05, 0.1) is 33.3 Å². The van der Waals surface area contributed by atoms with E-state index in [0.29, 0.717) is 43.7 Å². The summed E-state index contributed by atoms with van der Waals surface area (Å²) in [5.41, 5.74) is 1.03. The molecule has 3 aromatic rings. The van der Waals surface area contributed by atoms with Gasteiger partial charge in [-0.15, -0.1) is 11.3 Å². The van der Waals surface area contributed by atoms with Gasteiger partial charge in [0, 0.05) is 0 Å². The van der Waals surface area contributed by atoms with E-state index in [9.17, 15) is 9.59 Å². The number of methoxy groups -OCH3 is 3. The van der Waals surface area contributed by atoms with Gasteiger partial charge >= 0.3 is 5.97 Å². The van der Waals surface area contributed by atoms with Crippen molar-refractivity contribution < 1.29 is 23.7 Å². The maximum atomic E-state index is 12.6. The largest absolute Gasteiger partial charge is 0.493 e. The van der Waals surface area contributed by atoms with E-state index in [0.717, 1.165) is 16.9 Å². The number of ether oxygens (including phenoxy) is 4. The Bertz CT molecular complexity index is 1150. The van der Waals surface area contributed by atoms with Gasteiger partial charge in [0.25, 0.3) is 5.56 Å². The Labute approximate surface area is 177 Å². The van der Waals surface area contributed by atoms with Crippen molar-refractivity contribution in [3.63, 3.8) is 0 Å². The minimum atomic E-state index is -0.452. The lowest BCUT2D eigenvalue weighted by atomic mass is 10.1. The van der Waals surface area contributed by atoms with Crippen LogP contribution in [0.15, 0.2) is 16.9 Å². The smallest absolute Gasteiger partial charge is 0.348 e. The molecule has 9 heteroatoms. The zero-order chi connectivity index (χ0) is 21.8. The Kier molecular flexibility index (Phi) is 6.41. The van der Waals surface area contributed by atoms with Crippen molar-refractivity contribution in [3.05, 3.63) is 44.3 Å². The lowest BCUT2D eigenvalue weighted by molar-refractivity contribution is 0.0531. The zero-order valence-corrected chi connectivity index (χ0v) is 18.1. The van der Waals surface area contributed by atoms with Crippen LogP contribution in [0.25, 0.3) is 22.4 Å². The summed E-state index contributed by atoms with van der Waals surface area (Å²) < 4.78 is 21.1. The van der Waals surface area contributed by atoms with Gasteiger partial charge in [-0.1, -0.05) is 6.08 Å². The topological polar surface area (TPSA) is 99.7 Å². The number of nitrogens with zero attached hydrogens (tertiary/aromatic N) is 1. The van der Waals surface area contributed by atoms with Gasteiger partial charge in [0.2, 0.25) is 5.75 Å². The predicted molar refractivity (Wildman–Crippen MR) is 116 cm³/mol. The Morgan fingerprint density at radius 2 is 1.80 bits per heavy atom. The SMILES string of the molecule is CCOC(=O)c1sc2nc(C=Cc3cc(OC)c(OC)c(OC)c3)[nH]c(=O)c2c1C. The molecule has 1 N–H and O–H groups in total. The van der Waals surface area contributed by atoms with Crippen LogP contribution in [0.2, 0.25) is 0 Å². The van der Waals surface area contributed by atoms with Gasteiger partial charge in [-0.05, 0) is 43.2 Å². The van der Waals surface area contributed by atoms with Crippen molar-refractivity contribution in [1.29, 1.82) is 0 Å². The van der Waals surface area contributed by atoms with E-state index in [1.807, 2.05) is 0 Å². The van der Waals surface area contributed by atoms with Crippen molar-refractivity contribution in [1.82, 2.24) is 9.97 Å². The molecule has 0 saturated carbocycles. The number of hydrogen-bond acceptors (Lipinski definition) is 8. The first-order chi connectivity index (χ1) is 14.4. The van der Waals surface area contributed by atoms with E-state index in [2.05, 4.69) is 9.97 Å². The lowest BCUT2D eigenvalue weighted by Gasteiger charge is -2.12. The average molecular weight is 430 g/mol. The highest BCUT2D eigenvalue weighted by Crippen LogP contribution is 2.38. The molecule has 2 heterocycles. The number of rotatable bonds is 7. The Morgan fingerprint density at radius 1 is 1.13 bits per heavy atom. The number of thiophene rings is 1. The van der Waals surface area contributed by atoms with Crippen LogP contribution in [0.5, 0.6) is 17.2 Å². The summed E-state index contributed by atoms with van der Waals surface area (Å²) in [4.78, 5) is 32.8. The van der Waals surface area contributed by atoms with E-state index < -0.39 is 5.97 Å². The summed E-state index contributed by atoms with van der Waals surface area (Å²) in [7, 11) is 4.61. The third kappa shape index (κ3) is 4.02. The molecule has 3 rings (SSSR count). The summed E-state index contributed by atoms with van der Waals surface area (Å²) in [6.45, 7) is 3.71. The minimum absolute atomic E-state index is 0.263. The number of nitrogens with one attached hydrogen (secondary N) is 1. The van der Waals surface area contributed by atoms with Crippen LogP contribution >= 0.6 is 11.3 Å². The molecule has 0 bridgehead atoms. The summed E-state index contributed by atoms with van der Waals surface area (Å²) in [6.07, 6.45) is 3.43. The fraction of sp³-hybridized carbons (Fsp3) is 0.286. The summed E-state index contributed by atoms with van der Waals surface area (Å²) in [5.74, 6) is 1.43. The molecule has 158 valence electrons. The Balaban J connectivity index is 2.01. The quantitative estimate of drug-likeness (QED) is 0.571. The molecule has 0 radical (unpaired) electrons. The summed E-state index contributed by atoms with van der Waals surface area (Å²) in [6, 6.07) is 3.56. The number of carbonyl (C=O) groups is 1. The molecule has 0 aliphatic carbocycles. The van der Waals surface area contributed by atoms with E-state index >= 15 is 0 Å².